The molecule has 0 aromatic carbocycles. The summed E-state index contributed by atoms with van der Waals surface area (Å²) in [6.45, 7) is 2.86. The molecule has 0 aliphatic heterocycles. The molecule has 1 amide bonds. The summed E-state index contributed by atoms with van der Waals surface area (Å²) in [4.78, 5) is 28.7. The molecule has 0 unspecified atom stereocenters. The largest absolute Gasteiger partial charge is 0.481 e. The third-order valence-corrected chi connectivity index (χ3v) is 3.65. The molecule has 0 aliphatic rings. The Kier molecular flexibility index (Phi) is 5.37. The molecule has 0 bridgehead atoms. The van der Waals surface area contributed by atoms with Gasteiger partial charge in [0, 0.05) is 49.4 Å². The number of imidazole rings is 1. The predicted octanol–water partition coefficient (Wildman–Crippen LogP) is 1.22. The Balaban J connectivity index is 1.52. The van der Waals surface area contributed by atoms with Crippen LogP contribution in [0, 0.1) is 6.92 Å². The van der Waals surface area contributed by atoms with Crippen molar-refractivity contribution in [2.24, 2.45) is 0 Å². The summed E-state index contributed by atoms with van der Waals surface area (Å²) in [6.07, 6.45) is 6.57. The minimum absolute atomic E-state index is 0.190. The minimum Gasteiger partial charge on any atom is -0.481 e. The van der Waals surface area contributed by atoms with Crippen molar-refractivity contribution in [1.29, 1.82) is 0 Å². The Morgan fingerprint density at radius 1 is 1.15 bits per heavy atom. The Labute approximate surface area is 150 Å². The molecule has 3 aromatic heterocycles. The average molecular weight is 353 g/mol. The van der Waals surface area contributed by atoms with Crippen LogP contribution in [0.25, 0.3) is 5.82 Å². The molecule has 2 N–H and O–H groups in total. The lowest BCUT2D eigenvalue weighted by atomic mass is 10.2. The number of nitrogens with one attached hydrogen (secondary N) is 2. The van der Waals surface area contributed by atoms with Gasteiger partial charge >= 0.3 is 0 Å². The predicted molar refractivity (Wildman–Crippen MR) is 95.5 cm³/mol. The first-order chi connectivity index (χ1) is 12.7. The molecular formula is C17H19N7O2. The molecule has 3 heterocycles. The Morgan fingerprint density at radius 3 is 2.81 bits per heavy atom. The normalized spacial score (nSPS) is 10.4. The zero-order valence-electron chi connectivity index (χ0n) is 14.5. The summed E-state index contributed by atoms with van der Waals surface area (Å²) in [5.41, 5.74) is 0.497. The molecule has 3 rings (SSSR count). The molecule has 0 aliphatic carbocycles. The monoisotopic (exact) mass is 353 g/mol. The summed E-state index contributed by atoms with van der Waals surface area (Å²) < 4.78 is 6.88. The SMILES string of the molecule is COc1cc(C(=O)NCCNc2cc(-n3ccnc3C)ncn2)ccn1. The average Bonchev–Trinajstić information content (AvgIpc) is 3.11. The van der Waals surface area contributed by atoms with Crippen molar-refractivity contribution in [2.45, 2.75) is 6.92 Å². The molecule has 0 fully saturated rings. The van der Waals surface area contributed by atoms with E-state index < -0.39 is 0 Å². The Hall–Kier alpha value is -3.49. The number of rotatable bonds is 7. The highest BCUT2D eigenvalue weighted by molar-refractivity contribution is 5.94. The second kappa shape index (κ2) is 8.06. The van der Waals surface area contributed by atoms with Crippen LogP contribution in [0.4, 0.5) is 5.82 Å². The number of carbonyl (C=O) groups is 1. The fraction of sp³-hybridized carbons (Fsp3) is 0.235. The van der Waals surface area contributed by atoms with Gasteiger partial charge in [0.1, 0.15) is 23.8 Å². The van der Waals surface area contributed by atoms with Gasteiger partial charge in [0.25, 0.3) is 5.91 Å². The van der Waals surface area contributed by atoms with Crippen LogP contribution in [0.15, 0.2) is 43.1 Å². The van der Waals surface area contributed by atoms with Crippen LogP contribution in [-0.4, -0.2) is 50.6 Å². The fourth-order valence-corrected chi connectivity index (χ4v) is 2.33. The number of anilines is 1. The van der Waals surface area contributed by atoms with Crippen molar-refractivity contribution in [3.05, 3.63) is 54.5 Å². The van der Waals surface area contributed by atoms with Gasteiger partial charge in [-0.1, -0.05) is 0 Å². The third-order valence-electron chi connectivity index (χ3n) is 3.65. The highest BCUT2D eigenvalue weighted by Gasteiger charge is 2.07. The van der Waals surface area contributed by atoms with E-state index in [2.05, 4.69) is 30.6 Å². The number of ether oxygens (including phenoxy) is 1. The van der Waals surface area contributed by atoms with Crippen molar-refractivity contribution < 1.29 is 9.53 Å². The maximum atomic E-state index is 12.1. The zero-order chi connectivity index (χ0) is 18.4. The van der Waals surface area contributed by atoms with Crippen LogP contribution < -0.4 is 15.4 Å². The molecule has 134 valence electrons. The van der Waals surface area contributed by atoms with Gasteiger partial charge in [-0.3, -0.25) is 9.36 Å². The number of pyridine rings is 1. The lowest BCUT2D eigenvalue weighted by Gasteiger charge is -2.09. The number of amides is 1. The topological polar surface area (TPSA) is 107 Å². The van der Waals surface area contributed by atoms with Crippen LogP contribution in [0.5, 0.6) is 5.88 Å². The van der Waals surface area contributed by atoms with Crippen LogP contribution in [0.3, 0.4) is 0 Å². The summed E-state index contributed by atoms with van der Waals surface area (Å²) in [7, 11) is 1.51. The van der Waals surface area contributed by atoms with Gasteiger partial charge < -0.3 is 15.4 Å². The number of methoxy groups -OCH3 is 1. The smallest absolute Gasteiger partial charge is 0.251 e. The van der Waals surface area contributed by atoms with Crippen molar-refractivity contribution >= 4 is 11.7 Å². The molecule has 3 aromatic rings. The second-order valence-electron chi connectivity index (χ2n) is 5.38. The third kappa shape index (κ3) is 4.12. The van der Waals surface area contributed by atoms with Gasteiger partial charge in [0.05, 0.1) is 7.11 Å². The van der Waals surface area contributed by atoms with Gasteiger partial charge in [0.2, 0.25) is 5.88 Å². The van der Waals surface area contributed by atoms with E-state index in [9.17, 15) is 4.79 Å². The first-order valence-corrected chi connectivity index (χ1v) is 8.02. The van der Waals surface area contributed by atoms with Crippen LogP contribution in [0.1, 0.15) is 16.2 Å². The van der Waals surface area contributed by atoms with E-state index in [1.54, 1.807) is 18.3 Å². The molecule has 9 heteroatoms. The highest BCUT2D eigenvalue weighted by atomic mass is 16.5. The first-order valence-electron chi connectivity index (χ1n) is 8.02. The van der Waals surface area contributed by atoms with Gasteiger partial charge in [-0.25, -0.2) is 19.9 Å². The number of hydrogen-bond acceptors (Lipinski definition) is 7. The molecule has 0 saturated carbocycles. The van der Waals surface area contributed by atoms with Crippen molar-refractivity contribution in [3.8, 4) is 11.7 Å². The summed E-state index contributed by atoms with van der Waals surface area (Å²) in [5, 5.41) is 5.99. The second-order valence-corrected chi connectivity index (χ2v) is 5.38. The Bertz CT molecular complexity index is 894. The van der Waals surface area contributed by atoms with Crippen LogP contribution in [0.2, 0.25) is 0 Å². The summed E-state index contributed by atoms with van der Waals surface area (Å²) >= 11 is 0. The number of carbonyl (C=O) groups excluding carboxylic acids is 1. The van der Waals surface area contributed by atoms with E-state index in [0.29, 0.717) is 30.4 Å². The van der Waals surface area contributed by atoms with Crippen molar-refractivity contribution in [1.82, 2.24) is 29.8 Å². The van der Waals surface area contributed by atoms with E-state index in [4.69, 9.17) is 4.74 Å². The molecule has 0 saturated heterocycles. The van der Waals surface area contributed by atoms with E-state index in [1.165, 1.54) is 19.6 Å². The van der Waals surface area contributed by atoms with Crippen molar-refractivity contribution in [3.63, 3.8) is 0 Å². The van der Waals surface area contributed by atoms with Crippen molar-refractivity contribution in [2.75, 3.05) is 25.5 Å². The van der Waals surface area contributed by atoms with Gasteiger partial charge in [-0.15, -0.1) is 0 Å². The highest BCUT2D eigenvalue weighted by Crippen LogP contribution is 2.11. The molecule has 0 atom stereocenters. The number of hydrogen-bond donors (Lipinski definition) is 2. The molecular weight excluding hydrogens is 334 g/mol. The van der Waals surface area contributed by atoms with E-state index in [0.717, 1.165) is 11.6 Å². The maximum absolute atomic E-state index is 12.1. The van der Waals surface area contributed by atoms with Gasteiger partial charge in [0.15, 0.2) is 0 Å². The van der Waals surface area contributed by atoms with E-state index in [1.807, 2.05) is 23.8 Å². The zero-order valence-corrected chi connectivity index (χ0v) is 14.5. The number of aromatic nitrogens is 5. The summed E-state index contributed by atoms with van der Waals surface area (Å²) in [5.74, 6) is 2.45. The molecule has 0 spiro atoms. The minimum atomic E-state index is -0.190. The molecule has 9 nitrogen and oxygen atoms in total. The quantitative estimate of drug-likeness (QED) is 0.615. The maximum Gasteiger partial charge on any atom is 0.251 e. The van der Waals surface area contributed by atoms with Crippen LogP contribution >= 0.6 is 0 Å². The number of aryl methyl sites for hydroxylation is 1. The molecule has 0 radical (unpaired) electrons. The molecule has 26 heavy (non-hydrogen) atoms. The fourth-order valence-electron chi connectivity index (χ4n) is 2.33. The summed E-state index contributed by atoms with van der Waals surface area (Å²) in [6, 6.07) is 5.05. The van der Waals surface area contributed by atoms with Gasteiger partial charge in [-0.05, 0) is 13.0 Å². The van der Waals surface area contributed by atoms with E-state index in [-0.39, 0.29) is 5.91 Å². The standard InChI is InChI=1S/C17H19N7O2/c1-12-18-7-8-24(12)15-10-14(22-11-23-15)19-5-6-21-17(25)13-3-4-20-16(9-13)26-2/h3-4,7-11H,5-6H2,1-2H3,(H,21,25)(H,19,22,23). The van der Waals surface area contributed by atoms with Gasteiger partial charge in [-0.2, -0.15) is 0 Å². The lowest BCUT2D eigenvalue weighted by molar-refractivity contribution is 0.0954. The van der Waals surface area contributed by atoms with E-state index >= 15 is 0 Å². The number of nitrogens with zero attached hydrogens (tertiary/aromatic N) is 5. The first kappa shape index (κ1) is 17.3. The Morgan fingerprint density at radius 2 is 2.04 bits per heavy atom. The van der Waals surface area contributed by atoms with Crippen LogP contribution in [-0.2, 0) is 0 Å². The lowest BCUT2D eigenvalue weighted by Crippen LogP contribution is -2.29.